The van der Waals surface area contributed by atoms with Crippen LogP contribution in [0.5, 0.6) is 0 Å². The highest BCUT2D eigenvalue weighted by molar-refractivity contribution is 7.92. The van der Waals surface area contributed by atoms with Crippen LogP contribution in [0.1, 0.15) is 23.2 Å². The first kappa shape index (κ1) is 19.2. The molecule has 1 aliphatic rings. The highest BCUT2D eigenvalue weighted by Gasteiger charge is 2.29. The minimum atomic E-state index is -3.39. The van der Waals surface area contributed by atoms with Gasteiger partial charge >= 0.3 is 0 Å². The first-order chi connectivity index (χ1) is 8.51. The van der Waals surface area contributed by atoms with Crippen LogP contribution >= 0.6 is 24.8 Å². The summed E-state index contributed by atoms with van der Waals surface area (Å²) in [5.74, 6) is -0.617. The summed E-state index contributed by atoms with van der Waals surface area (Å²) in [6.07, 6.45) is 1.50. The van der Waals surface area contributed by atoms with Crippen molar-refractivity contribution in [1.82, 2.24) is 5.32 Å². The Morgan fingerprint density at radius 2 is 2.00 bits per heavy atom. The lowest BCUT2D eigenvalue weighted by Crippen LogP contribution is -2.38. The van der Waals surface area contributed by atoms with Crippen LogP contribution in [0.3, 0.4) is 0 Å². The van der Waals surface area contributed by atoms with Crippen molar-refractivity contribution in [2.24, 2.45) is 5.73 Å². The minimum Gasteiger partial charge on any atom is -0.366 e. The molecule has 8 heteroatoms. The molecule has 0 radical (unpaired) electrons. The second kappa shape index (κ2) is 7.83. The molecule has 5 nitrogen and oxygen atoms in total. The number of primary amides is 1. The standard InChI is InChI=1S/C12H16N2O3S.2ClH/c13-12(15)9-3-1-4-10(7-9)18(16,17)11-5-2-6-14-8-11;;/h1,3-4,7,11,14H,2,5-6,8H2,(H2,13,15);2*1H. The fraction of sp³-hybridized carbons (Fsp3) is 0.417. The zero-order valence-electron chi connectivity index (χ0n) is 10.7. The number of rotatable bonds is 3. The molecule has 20 heavy (non-hydrogen) atoms. The average molecular weight is 341 g/mol. The zero-order valence-corrected chi connectivity index (χ0v) is 13.2. The van der Waals surface area contributed by atoms with E-state index in [4.69, 9.17) is 5.73 Å². The van der Waals surface area contributed by atoms with Crippen molar-refractivity contribution in [3.05, 3.63) is 29.8 Å². The Kier molecular flexibility index (Phi) is 7.51. The van der Waals surface area contributed by atoms with E-state index in [2.05, 4.69) is 5.32 Å². The second-order valence-corrected chi connectivity index (χ2v) is 6.63. The van der Waals surface area contributed by atoms with Gasteiger partial charge in [0.05, 0.1) is 10.1 Å². The third-order valence-electron chi connectivity index (χ3n) is 3.14. The molecule has 1 amide bonds. The van der Waals surface area contributed by atoms with Crippen molar-refractivity contribution in [3.63, 3.8) is 0 Å². The van der Waals surface area contributed by atoms with Gasteiger partial charge in [-0.25, -0.2) is 8.42 Å². The van der Waals surface area contributed by atoms with Crippen molar-refractivity contribution < 1.29 is 13.2 Å². The van der Waals surface area contributed by atoms with Gasteiger partial charge in [0.1, 0.15) is 0 Å². The van der Waals surface area contributed by atoms with E-state index in [1.54, 1.807) is 6.07 Å². The van der Waals surface area contributed by atoms with Crippen molar-refractivity contribution in [2.45, 2.75) is 23.0 Å². The fourth-order valence-electron chi connectivity index (χ4n) is 2.10. The zero-order chi connectivity index (χ0) is 13.2. The van der Waals surface area contributed by atoms with Gasteiger partial charge in [0, 0.05) is 12.1 Å². The number of nitrogens with one attached hydrogen (secondary N) is 1. The number of nitrogens with two attached hydrogens (primary N) is 1. The third kappa shape index (κ3) is 4.09. The fourth-order valence-corrected chi connectivity index (χ4v) is 3.86. The van der Waals surface area contributed by atoms with E-state index in [0.717, 1.165) is 13.0 Å². The monoisotopic (exact) mass is 340 g/mol. The number of carbonyl (C=O) groups excluding carboxylic acids is 1. The van der Waals surface area contributed by atoms with Gasteiger partial charge in [-0.05, 0) is 37.6 Å². The number of amides is 1. The predicted molar refractivity (Wildman–Crippen MR) is 82.5 cm³/mol. The van der Waals surface area contributed by atoms with Crippen molar-refractivity contribution >= 4 is 40.6 Å². The molecule has 114 valence electrons. The largest absolute Gasteiger partial charge is 0.366 e. The van der Waals surface area contributed by atoms with Crippen LogP contribution in [0.4, 0.5) is 0 Å². The van der Waals surface area contributed by atoms with E-state index >= 15 is 0 Å². The average Bonchev–Trinajstić information content (AvgIpc) is 2.40. The third-order valence-corrected chi connectivity index (χ3v) is 5.33. The van der Waals surface area contributed by atoms with Crippen LogP contribution in [-0.4, -0.2) is 32.7 Å². The van der Waals surface area contributed by atoms with E-state index in [1.807, 2.05) is 0 Å². The van der Waals surface area contributed by atoms with Gasteiger partial charge < -0.3 is 11.1 Å². The number of benzene rings is 1. The topological polar surface area (TPSA) is 89.3 Å². The molecule has 3 N–H and O–H groups in total. The van der Waals surface area contributed by atoms with Gasteiger partial charge in [-0.15, -0.1) is 24.8 Å². The molecule has 1 heterocycles. The van der Waals surface area contributed by atoms with E-state index < -0.39 is 21.0 Å². The lowest BCUT2D eigenvalue weighted by atomic mass is 10.2. The lowest BCUT2D eigenvalue weighted by Gasteiger charge is -2.22. The number of carbonyl (C=O) groups is 1. The Balaban J connectivity index is 0.00000180. The number of halogens is 2. The molecule has 1 aromatic carbocycles. The maximum Gasteiger partial charge on any atom is 0.248 e. The molecular formula is C12H18Cl2N2O3S. The summed E-state index contributed by atoms with van der Waals surface area (Å²) in [5, 5.41) is 2.66. The summed E-state index contributed by atoms with van der Waals surface area (Å²) in [6.45, 7) is 1.32. The van der Waals surface area contributed by atoms with Crippen molar-refractivity contribution in [2.75, 3.05) is 13.1 Å². The van der Waals surface area contributed by atoms with Gasteiger partial charge in [-0.3, -0.25) is 4.79 Å². The maximum atomic E-state index is 12.4. The van der Waals surface area contributed by atoms with Crippen molar-refractivity contribution in [3.8, 4) is 0 Å². The number of hydrogen-bond donors (Lipinski definition) is 2. The SMILES string of the molecule is Cl.Cl.NC(=O)c1cccc(S(=O)(=O)C2CCCNC2)c1. The highest BCUT2D eigenvalue weighted by atomic mass is 35.5. The number of piperidine rings is 1. The molecule has 2 rings (SSSR count). The Hall–Kier alpha value is -0.820. The lowest BCUT2D eigenvalue weighted by molar-refractivity contribution is 0.1000. The first-order valence-corrected chi connectivity index (χ1v) is 7.41. The molecule has 1 unspecified atom stereocenters. The molecule has 1 aromatic rings. The highest BCUT2D eigenvalue weighted by Crippen LogP contribution is 2.21. The smallest absolute Gasteiger partial charge is 0.248 e. The maximum absolute atomic E-state index is 12.4. The molecule has 0 saturated carbocycles. The minimum absolute atomic E-state index is 0. The Morgan fingerprint density at radius 1 is 1.30 bits per heavy atom. The molecule has 0 bridgehead atoms. The van der Waals surface area contributed by atoms with E-state index in [-0.39, 0.29) is 35.3 Å². The molecule has 0 aliphatic carbocycles. The van der Waals surface area contributed by atoms with E-state index in [0.29, 0.717) is 13.0 Å². The van der Waals surface area contributed by atoms with Crippen molar-refractivity contribution in [1.29, 1.82) is 0 Å². The summed E-state index contributed by atoms with van der Waals surface area (Å²) < 4.78 is 24.7. The number of sulfone groups is 1. The normalized spacial score (nSPS) is 18.5. The van der Waals surface area contributed by atoms with E-state index in [1.165, 1.54) is 18.2 Å². The van der Waals surface area contributed by atoms with Crippen LogP contribution in [0, 0.1) is 0 Å². The van der Waals surface area contributed by atoms with Crippen LogP contribution < -0.4 is 11.1 Å². The molecule has 0 spiro atoms. The Labute approximate surface area is 131 Å². The van der Waals surface area contributed by atoms with E-state index in [9.17, 15) is 13.2 Å². The van der Waals surface area contributed by atoms with Gasteiger partial charge in [0.25, 0.3) is 0 Å². The van der Waals surface area contributed by atoms with Crippen LogP contribution in [-0.2, 0) is 9.84 Å². The molecule has 0 aromatic heterocycles. The summed E-state index contributed by atoms with van der Waals surface area (Å²) in [5.41, 5.74) is 5.38. The summed E-state index contributed by atoms with van der Waals surface area (Å²) in [4.78, 5) is 11.2. The molecule has 1 aliphatic heterocycles. The second-order valence-electron chi connectivity index (χ2n) is 4.41. The Morgan fingerprint density at radius 3 is 2.55 bits per heavy atom. The van der Waals surface area contributed by atoms with Gasteiger partial charge in [0.2, 0.25) is 5.91 Å². The summed E-state index contributed by atoms with van der Waals surface area (Å²) in [7, 11) is -3.39. The molecular weight excluding hydrogens is 323 g/mol. The molecule has 1 saturated heterocycles. The number of hydrogen-bond acceptors (Lipinski definition) is 4. The summed E-state index contributed by atoms with van der Waals surface area (Å²) >= 11 is 0. The predicted octanol–water partition coefficient (Wildman–Crippen LogP) is 1.15. The van der Waals surface area contributed by atoms with Crippen LogP contribution in [0.15, 0.2) is 29.2 Å². The molecule has 1 fully saturated rings. The van der Waals surface area contributed by atoms with Gasteiger partial charge in [0.15, 0.2) is 9.84 Å². The molecule has 1 atom stereocenters. The Bertz CT molecular complexity index is 558. The van der Waals surface area contributed by atoms with Crippen LogP contribution in [0.25, 0.3) is 0 Å². The van der Waals surface area contributed by atoms with Gasteiger partial charge in [-0.2, -0.15) is 0 Å². The van der Waals surface area contributed by atoms with Crippen LogP contribution in [0.2, 0.25) is 0 Å². The summed E-state index contributed by atoms with van der Waals surface area (Å²) in [6, 6.07) is 5.92. The first-order valence-electron chi connectivity index (χ1n) is 5.86. The van der Waals surface area contributed by atoms with Gasteiger partial charge in [-0.1, -0.05) is 6.07 Å². The quantitative estimate of drug-likeness (QED) is 0.863.